The van der Waals surface area contributed by atoms with E-state index in [0.29, 0.717) is 118 Å². The number of benzene rings is 9. The second kappa shape index (κ2) is 26.3. The molecule has 8 aliphatic heterocycles. The first-order chi connectivity index (χ1) is 48.4. The molecule has 9 aromatic rings. The number of hydrogen-bond donors (Lipinski definition) is 0. The van der Waals surface area contributed by atoms with E-state index in [1.165, 1.54) is 0 Å². The fourth-order valence-corrected chi connectivity index (χ4v) is 15.9. The summed E-state index contributed by atoms with van der Waals surface area (Å²) in [4.78, 5) is 0. The molecule has 98 heavy (non-hydrogen) atoms. The number of para-hydroxylation sites is 8. The van der Waals surface area contributed by atoms with Gasteiger partial charge in [-0.05, 0) is 133 Å². The number of ether oxygens (including phenoxy) is 16. The molecule has 0 saturated carbocycles. The molecule has 12 bridgehead atoms. The van der Waals surface area contributed by atoms with E-state index in [2.05, 4.69) is 64.1 Å². The molecule has 0 fully saturated rings. The van der Waals surface area contributed by atoms with Crippen LogP contribution in [-0.2, 0) is 52.9 Å². The summed E-state index contributed by atoms with van der Waals surface area (Å²) in [6.07, 6.45) is 6.03. The van der Waals surface area contributed by atoms with Gasteiger partial charge in [-0.2, -0.15) is 0 Å². The van der Waals surface area contributed by atoms with E-state index in [-0.39, 0.29) is 104 Å². The highest BCUT2D eigenvalue weighted by Gasteiger charge is 2.42. The SMILES string of the molecule is CCCC1c2cc3c4c5c2OCOc2c1cc1c6c2COc2ccccc2OCc2cc7c(cc2COc2ccccc2OC5)COc2ccccc2OCc2c5c(cc(c2OCO4)C3CCC)C(CCC)c2cc(c(c(c2OCO5)COc2ccccc2OC7)OCO6)C1CCC. The summed E-state index contributed by atoms with van der Waals surface area (Å²) in [6, 6.07) is 44.9. The fraction of sp³-hybridized carbons (Fsp3) is 0.341. The lowest BCUT2D eigenvalue weighted by Gasteiger charge is -2.37. The minimum atomic E-state index is -0.335. The van der Waals surface area contributed by atoms with E-state index < -0.39 is 0 Å². The third-order valence-corrected chi connectivity index (χ3v) is 20.4. The minimum absolute atomic E-state index is 0.0248. The third-order valence-electron chi connectivity index (χ3n) is 20.4. The highest BCUT2D eigenvalue weighted by atomic mass is 16.7. The van der Waals surface area contributed by atoms with Gasteiger partial charge in [0.25, 0.3) is 0 Å². The highest BCUT2D eigenvalue weighted by molar-refractivity contribution is 5.70. The zero-order valence-corrected chi connectivity index (χ0v) is 55.7. The first-order valence-electron chi connectivity index (χ1n) is 34.8. The lowest BCUT2D eigenvalue weighted by molar-refractivity contribution is 0.0892. The van der Waals surface area contributed by atoms with Crippen molar-refractivity contribution in [2.75, 3.05) is 27.2 Å². The Bertz CT molecular complexity index is 3990. The molecule has 0 spiro atoms. The average Bonchev–Trinajstić information content (AvgIpc) is 0.726. The van der Waals surface area contributed by atoms with Crippen LogP contribution in [0.4, 0.5) is 0 Å². The van der Waals surface area contributed by atoms with E-state index in [4.69, 9.17) is 75.8 Å². The van der Waals surface area contributed by atoms with Crippen molar-refractivity contribution in [3.63, 3.8) is 0 Å². The molecule has 8 aliphatic rings. The average molecular weight is 1320 g/mol. The first-order valence-corrected chi connectivity index (χ1v) is 34.8. The van der Waals surface area contributed by atoms with Gasteiger partial charge in [-0.25, -0.2) is 0 Å². The molecule has 0 atom stereocenters. The van der Waals surface area contributed by atoms with Crippen molar-refractivity contribution in [1.82, 2.24) is 0 Å². The molecular formula is C82H78O16. The predicted molar refractivity (Wildman–Crippen MR) is 364 cm³/mol. The van der Waals surface area contributed by atoms with Crippen molar-refractivity contribution < 1.29 is 75.8 Å². The summed E-state index contributed by atoms with van der Waals surface area (Å²) in [7, 11) is 0. The maximum Gasteiger partial charge on any atom is 0.230 e. The Morgan fingerprint density at radius 1 is 0.224 bits per heavy atom. The molecule has 0 unspecified atom stereocenters. The lowest BCUT2D eigenvalue weighted by Crippen LogP contribution is -2.26. The lowest BCUT2D eigenvalue weighted by atomic mass is 9.74. The van der Waals surface area contributed by atoms with E-state index in [9.17, 15) is 0 Å². The summed E-state index contributed by atoms with van der Waals surface area (Å²) in [6.45, 7) is 8.79. The Labute approximate surface area is 570 Å². The summed E-state index contributed by atoms with van der Waals surface area (Å²) < 4.78 is 115. The van der Waals surface area contributed by atoms with Crippen LogP contribution >= 0.6 is 0 Å². The minimum Gasteiger partial charge on any atom is -0.485 e. The molecule has 0 saturated heterocycles. The Balaban J connectivity index is 1.07. The number of rotatable bonds is 8. The van der Waals surface area contributed by atoms with Gasteiger partial charge in [-0.1, -0.05) is 102 Å². The maximum absolute atomic E-state index is 7.25. The van der Waals surface area contributed by atoms with Gasteiger partial charge in [0.2, 0.25) is 27.2 Å². The smallest absolute Gasteiger partial charge is 0.230 e. The Morgan fingerprint density at radius 3 is 0.571 bits per heavy atom. The van der Waals surface area contributed by atoms with Gasteiger partial charge in [0, 0.05) is 68.2 Å². The zero-order valence-electron chi connectivity index (χ0n) is 55.7. The molecule has 0 radical (unpaired) electrons. The third kappa shape index (κ3) is 10.9. The van der Waals surface area contributed by atoms with Crippen LogP contribution in [0.2, 0.25) is 0 Å². The molecule has 9 aromatic carbocycles. The second-order valence-corrected chi connectivity index (χ2v) is 26.2. The van der Waals surface area contributed by atoms with Gasteiger partial charge in [0.15, 0.2) is 46.0 Å². The van der Waals surface area contributed by atoms with E-state index in [1.54, 1.807) is 0 Å². The molecule has 502 valence electrons. The van der Waals surface area contributed by atoms with Gasteiger partial charge in [-0.15, -0.1) is 0 Å². The van der Waals surface area contributed by atoms with Crippen LogP contribution in [0.3, 0.4) is 0 Å². The molecule has 0 aromatic heterocycles. The molecule has 0 N–H and O–H groups in total. The number of fused-ring (bicyclic) bond motifs is 16. The van der Waals surface area contributed by atoms with E-state index in [1.807, 2.05) is 97.1 Å². The van der Waals surface area contributed by atoms with Crippen LogP contribution in [0.5, 0.6) is 92.0 Å². The van der Waals surface area contributed by atoms with Crippen LogP contribution < -0.4 is 75.8 Å². The van der Waals surface area contributed by atoms with Gasteiger partial charge >= 0.3 is 0 Å². The Morgan fingerprint density at radius 2 is 0.398 bits per heavy atom. The van der Waals surface area contributed by atoms with Crippen LogP contribution in [0, 0.1) is 0 Å². The van der Waals surface area contributed by atoms with Crippen molar-refractivity contribution in [3.05, 3.63) is 222 Å². The molecular weight excluding hydrogens is 1240 g/mol. The summed E-state index contributed by atoms with van der Waals surface area (Å²) in [5.41, 5.74) is 14.0. The van der Waals surface area contributed by atoms with Gasteiger partial charge in [0.1, 0.15) is 98.9 Å². The summed E-state index contributed by atoms with van der Waals surface area (Å²) in [5, 5.41) is 0. The predicted octanol–water partition coefficient (Wildman–Crippen LogP) is 18.2. The van der Waals surface area contributed by atoms with Gasteiger partial charge in [-0.3, -0.25) is 0 Å². The van der Waals surface area contributed by atoms with E-state index >= 15 is 0 Å². The fourth-order valence-electron chi connectivity index (χ4n) is 15.9. The topological polar surface area (TPSA) is 148 Å². The highest BCUT2D eigenvalue weighted by Crippen LogP contribution is 2.59. The Hall–Kier alpha value is -10.2. The second-order valence-electron chi connectivity index (χ2n) is 26.2. The molecule has 16 nitrogen and oxygen atoms in total. The maximum atomic E-state index is 7.25. The van der Waals surface area contributed by atoms with E-state index in [0.717, 1.165) is 115 Å². The van der Waals surface area contributed by atoms with Crippen molar-refractivity contribution in [3.8, 4) is 92.0 Å². The summed E-state index contributed by atoms with van der Waals surface area (Å²) >= 11 is 0. The zero-order chi connectivity index (χ0) is 65.8. The van der Waals surface area contributed by atoms with Crippen LogP contribution in [0.25, 0.3) is 0 Å². The number of hydrogen-bond acceptors (Lipinski definition) is 16. The first kappa shape index (κ1) is 61.4. The van der Waals surface area contributed by atoms with Crippen LogP contribution in [0.1, 0.15) is 192 Å². The Kier molecular flexibility index (Phi) is 16.5. The monoisotopic (exact) mass is 1320 g/mol. The molecule has 0 aliphatic carbocycles. The van der Waals surface area contributed by atoms with Crippen LogP contribution in [0.15, 0.2) is 133 Å². The largest absolute Gasteiger partial charge is 0.485 e. The normalized spacial score (nSPS) is 18.7. The molecule has 0 amide bonds. The van der Waals surface area contributed by atoms with Gasteiger partial charge in [0.05, 0.1) is 22.3 Å². The van der Waals surface area contributed by atoms with Crippen LogP contribution in [-0.4, -0.2) is 27.2 Å². The van der Waals surface area contributed by atoms with Crippen molar-refractivity contribution in [2.24, 2.45) is 0 Å². The van der Waals surface area contributed by atoms with Crippen molar-refractivity contribution in [1.29, 1.82) is 0 Å². The van der Waals surface area contributed by atoms with Crippen molar-refractivity contribution in [2.45, 2.75) is 156 Å². The molecule has 16 heteroatoms. The van der Waals surface area contributed by atoms with Gasteiger partial charge < -0.3 is 75.8 Å². The standard InChI is InChI=1S/C82H78O16/c1-5-17-51-55-31-59-53(19-7-3)61-33-57-52(18-6-2)58-34-62-54(20-8-4)60-32-56(51)76-64-40-88-72-26-14-10-22-68(72)84-36-48-29-47-35-83-67-21-9-13-25-71(67)87-39-63(75(55)91-43-92-76)79(59)95-45-97-81(61)65-41-89-73-27-15-11-23-69(73)85-37-49(47)30-50(48)38-86-70-24-12-16-28-74(70)90-42-66(78(58)94-44-93-77(57)65)82(62)98-46-96-80(60)64/h9-16,21-34,51-54H,5-8,17-20,35-46H2,1-4H3. The summed E-state index contributed by atoms with van der Waals surface area (Å²) in [5.74, 6) is 7.81. The molecule has 17 rings (SSSR count). The quantitative estimate of drug-likeness (QED) is 0.142. The molecule has 8 heterocycles. The van der Waals surface area contributed by atoms with Crippen molar-refractivity contribution >= 4 is 0 Å².